The van der Waals surface area contributed by atoms with E-state index in [1.54, 1.807) is 31.2 Å². The Hall–Kier alpha value is -2.93. The number of nitrogens with zero attached hydrogens (tertiary/aromatic N) is 1. The largest absolute Gasteiger partial charge is 0.452 e. The van der Waals surface area contributed by atoms with E-state index in [1.807, 2.05) is 0 Å². The standard InChI is InChI=1S/C21H20ClFN2O4/c1-12-15(22)6-5-8-17(12)24-20(27)13(2)29-21(28)14-10-19(26)25(11-14)18-9-4-3-7-16(18)23/h3-9,13-14H,10-11H2,1-2H3,(H,24,27)/t13-,14+/m1/s1. The molecule has 0 radical (unpaired) electrons. The van der Waals surface area contributed by atoms with Crippen LogP contribution in [0.4, 0.5) is 15.8 Å². The van der Waals surface area contributed by atoms with E-state index in [2.05, 4.69) is 5.32 Å². The van der Waals surface area contributed by atoms with Gasteiger partial charge < -0.3 is 15.0 Å². The second-order valence-corrected chi connectivity index (χ2v) is 7.24. The number of nitrogens with one attached hydrogen (secondary N) is 1. The fourth-order valence-electron chi connectivity index (χ4n) is 3.07. The van der Waals surface area contributed by atoms with E-state index >= 15 is 0 Å². The van der Waals surface area contributed by atoms with Gasteiger partial charge in [0.1, 0.15) is 5.82 Å². The summed E-state index contributed by atoms with van der Waals surface area (Å²) in [6, 6.07) is 10.9. The van der Waals surface area contributed by atoms with Gasteiger partial charge in [0.05, 0.1) is 11.6 Å². The lowest BCUT2D eigenvalue weighted by Gasteiger charge is -2.18. The molecule has 152 valence electrons. The molecule has 0 spiro atoms. The summed E-state index contributed by atoms with van der Waals surface area (Å²) in [5.41, 5.74) is 1.34. The second kappa shape index (κ2) is 8.61. The molecular formula is C21H20ClFN2O4. The van der Waals surface area contributed by atoms with Crippen molar-refractivity contribution in [3.63, 3.8) is 0 Å². The summed E-state index contributed by atoms with van der Waals surface area (Å²) in [4.78, 5) is 38.3. The van der Waals surface area contributed by atoms with Gasteiger partial charge in [0.15, 0.2) is 6.10 Å². The van der Waals surface area contributed by atoms with E-state index in [4.69, 9.17) is 16.3 Å². The van der Waals surface area contributed by atoms with Crippen molar-refractivity contribution in [3.05, 3.63) is 58.9 Å². The Labute approximate surface area is 172 Å². The number of rotatable bonds is 5. The predicted octanol–water partition coefficient (Wildman–Crippen LogP) is 3.71. The quantitative estimate of drug-likeness (QED) is 0.751. The molecule has 1 heterocycles. The molecule has 1 saturated heterocycles. The number of anilines is 2. The topological polar surface area (TPSA) is 75.7 Å². The monoisotopic (exact) mass is 418 g/mol. The molecule has 0 bridgehead atoms. The summed E-state index contributed by atoms with van der Waals surface area (Å²) in [6.45, 7) is 3.20. The number of para-hydroxylation sites is 1. The molecule has 0 unspecified atom stereocenters. The van der Waals surface area contributed by atoms with Gasteiger partial charge in [-0.2, -0.15) is 0 Å². The summed E-state index contributed by atoms with van der Waals surface area (Å²) < 4.78 is 19.2. The van der Waals surface area contributed by atoms with Gasteiger partial charge in [-0.3, -0.25) is 14.4 Å². The Kier molecular flexibility index (Phi) is 6.17. The van der Waals surface area contributed by atoms with Gasteiger partial charge >= 0.3 is 5.97 Å². The van der Waals surface area contributed by atoms with Crippen LogP contribution in [0.2, 0.25) is 5.02 Å². The zero-order valence-electron chi connectivity index (χ0n) is 15.9. The number of esters is 1. The minimum atomic E-state index is -1.07. The van der Waals surface area contributed by atoms with Crippen LogP contribution in [0.1, 0.15) is 18.9 Å². The summed E-state index contributed by atoms with van der Waals surface area (Å²) in [5, 5.41) is 3.17. The highest BCUT2D eigenvalue weighted by Crippen LogP contribution is 2.28. The van der Waals surface area contributed by atoms with Crippen molar-refractivity contribution in [1.82, 2.24) is 0 Å². The predicted molar refractivity (Wildman–Crippen MR) is 107 cm³/mol. The highest BCUT2D eigenvalue weighted by molar-refractivity contribution is 6.31. The number of amides is 2. The van der Waals surface area contributed by atoms with Crippen LogP contribution in [0, 0.1) is 18.7 Å². The van der Waals surface area contributed by atoms with Crippen molar-refractivity contribution < 1.29 is 23.5 Å². The van der Waals surface area contributed by atoms with E-state index in [1.165, 1.54) is 30.0 Å². The first-order valence-corrected chi connectivity index (χ1v) is 9.47. The van der Waals surface area contributed by atoms with Crippen molar-refractivity contribution in [2.24, 2.45) is 5.92 Å². The molecule has 2 amide bonds. The lowest BCUT2D eigenvalue weighted by molar-refractivity contribution is -0.157. The van der Waals surface area contributed by atoms with Gasteiger partial charge in [-0.05, 0) is 43.7 Å². The van der Waals surface area contributed by atoms with Crippen LogP contribution in [0.5, 0.6) is 0 Å². The number of halogens is 2. The average molecular weight is 419 g/mol. The van der Waals surface area contributed by atoms with Crippen LogP contribution in [0.25, 0.3) is 0 Å². The van der Waals surface area contributed by atoms with Crippen LogP contribution < -0.4 is 10.2 Å². The Morgan fingerprint density at radius 1 is 1.24 bits per heavy atom. The van der Waals surface area contributed by atoms with Crippen molar-refractivity contribution in [2.45, 2.75) is 26.4 Å². The molecule has 6 nitrogen and oxygen atoms in total. The number of hydrogen-bond acceptors (Lipinski definition) is 4. The third-order valence-corrected chi connectivity index (χ3v) is 5.20. The fourth-order valence-corrected chi connectivity index (χ4v) is 3.24. The molecule has 29 heavy (non-hydrogen) atoms. The van der Waals surface area contributed by atoms with E-state index < -0.39 is 29.7 Å². The third kappa shape index (κ3) is 4.56. The maximum atomic E-state index is 14.0. The molecule has 2 aromatic rings. The lowest BCUT2D eigenvalue weighted by Crippen LogP contribution is -2.33. The van der Waals surface area contributed by atoms with Crippen LogP contribution in [0.15, 0.2) is 42.5 Å². The van der Waals surface area contributed by atoms with Crippen molar-refractivity contribution in [2.75, 3.05) is 16.8 Å². The average Bonchev–Trinajstić information content (AvgIpc) is 3.07. The zero-order chi connectivity index (χ0) is 21.1. The third-order valence-electron chi connectivity index (χ3n) is 4.79. The fraction of sp³-hybridized carbons (Fsp3) is 0.286. The lowest BCUT2D eigenvalue weighted by atomic mass is 10.1. The van der Waals surface area contributed by atoms with Crippen LogP contribution in [0.3, 0.4) is 0 Å². The summed E-state index contributed by atoms with van der Waals surface area (Å²) in [6.07, 6.45) is -1.17. The molecule has 2 atom stereocenters. The Morgan fingerprint density at radius 3 is 2.69 bits per heavy atom. The number of benzene rings is 2. The van der Waals surface area contributed by atoms with E-state index in [-0.39, 0.29) is 24.6 Å². The van der Waals surface area contributed by atoms with E-state index in [0.29, 0.717) is 16.3 Å². The van der Waals surface area contributed by atoms with Crippen molar-refractivity contribution in [1.29, 1.82) is 0 Å². The number of hydrogen-bond donors (Lipinski definition) is 1. The first kappa shape index (κ1) is 20.8. The van der Waals surface area contributed by atoms with E-state index in [0.717, 1.165) is 0 Å². The normalized spacial score (nSPS) is 17.2. The molecule has 1 aliphatic heterocycles. The molecule has 1 aliphatic rings. The molecule has 8 heteroatoms. The van der Waals surface area contributed by atoms with Crippen LogP contribution in [-0.4, -0.2) is 30.4 Å². The molecule has 0 saturated carbocycles. The molecule has 1 fully saturated rings. The van der Waals surface area contributed by atoms with Gasteiger partial charge in [0.2, 0.25) is 5.91 Å². The molecule has 0 aliphatic carbocycles. The SMILES string of the molecule is Cc1c(Cl)cccc1NC(=O)[C@@H](C)OC(=O)[C@H]1CC(=O)N(c2ccccc2F)C1. The van der Waals surface area contributed by atoms with Crippen molar-refractivity contribution >= 4 is 40.8 Å². The van der Waals surface area contributed by atoms with Gasteiger partial charge in [-0.15, -0.1) is 0 Å². The highest BCUT2D eigenvalue weighted by Gasteiger charge is 2.38. The summed E-state index contributed by atoms with van der Waals surface area (Å²) in [5.74, 6) is -2.88. The van der Waals surface area contributed by atoms with Gasteiger partial charge in [-0.25, -0.2) is 4.39 Å². The van der Waals surface area contributed by atoms with Crippen LogP contribution >= 0.6 is 11.6 Å². The maximum absolute atomic E-state index is 14.0. The van der Waals surface area contributed by atoms with Gasteiger partial charge in [0, 0.05) is 23.7 Å². The minimum absolute atomic E-state index is 0.000338. The minimum Gasteiger partial charge on any atom is -0.452 e. The number of carbonyl (C=O) groups excluding carboxylic acids is 3. The molecule has 0 aromatic heterocycles. The first-order valence-electron chi connectivity index (χ1n) is 9.09. The van der Waals surface area contributed by atoms with E-state index in [9.17, 15) is 18.8 Å². The first-order chi connectivity index (χ1) is 13.8. The van der Waals surface area contributed by atoms with Crippen molar-refractivity contribution in [3.8, 4) is 0 Å². The Bertz CT molecular complexity index is 965. The smallest absolute Gasteiger partial charge is 0.312 e. The molecule has 2 aromatic carbocycles. The maximum Gasteiger partial charge on any atom is 0.312 e. The summed E-state index contributed by atoms with van der Waals surface area (Å²) >= 11 is 6.04. The molecule has 3 rings (SSSR count). The number of ether oxygens (including phenoxy) is 1. The zero-order valence-corrected chi connectivity index (χ0v) is 16.7. The second-order valence-electron chi connectivity index (χ2n) is 6.84. The molecule has 1 N–H and O–H groups in total. The Morgan fingerprint density at radius 2 is 1.97 bits per heavy atom. The summed E-state index contributed by atoms with van der Waals surface area (Å²) in [7, 11) is 0. The number of carbonyl (C=O) groups is 3. The van der Waals surface area contributed by atoms with Gasteiger partial charge in [-0.1, -0.05) is 29.8 Å². The molecular weight excluding hydrogens is 399 g/mol. The van der Waals surface area contributed by atoms with Gasteiger partial charge in [0.25, 0.3) is 5.91 Å². The van der Waals surface area contributed by atoms with Crippen LogP contribution in [-0.2, 0) is 19.1 Å². The Balaban J connectivity index is 1.61. The highest BCUT2D eigenvalue weighted by atomic mass is 35.5.